The molecule has 0 N–H and O–H groups in total. The lowest BCUT2D eigenvalue weighted by atomic mass is 10.1. The van der Waals surface area contributed by atoms with Crippen LogP contribution in [-0.2, 0) is 19.0 Å². The first-order valence-electron chi connectivity index (χ1n) is 5.97. The number of hydrogen-bond donors (Lipinski definition) is 0. The Morgan fingerprint density at radius 2 is 1.71 bits per heavy atom. The van der Waals surface area contributed by atoms with Crippen LogP contribution in [0.2, 0.25) is 0 Å². The molecule has 0 saturated carbocycles. The third-order valence-electron chi connectivity index (χ3n) is 2.36. The lowest BCUT2D eigenvalue weighted by Crippen LogP contribution is -2.33. The van der Waals surface area contributed by atoms with Gasteiger partial charge in [-0.1, -0.05) is 0 Å². The van der Waals surface area contributed by atoms with Gasteiger partial charge in [0.05, 0.1) is 12.2 Å². The van der Waals surface area contributed by atoms with Gasteiger partial charge in [-0.15, -0.1) is 0 Å². The van der Waals surface area contributed by atoms with Crippen LogP contribution >= 0.6 is 0 Å². The lowest BCUT2D eigenvalue weighted by Gasteiger charge is -2.25. The van der Waals surface area contributed by atoms with E-state index in [0.717, 1.165) is 6.42 Å². The highest BCUT2D eigenvalue weighted by Gasteiger charge is 2.23. The highest BCUT2D eigenvalue weighted by atomic mass is 16.6. The van der Waals surface area contributed by atoms with Crippen molar-refractivity contribution in [2.24, 2.45) is 0 Å². The van der Waals surface area contributed by atoms with Crippen molar-refractivity contribution < 1.29 is 19.0 Å². The second-order valence-electron chi connectivity index (χ2n) is 5.76. The summed E-state index contributed by atoms with van der Waals surface area (Å²) in [5, 5.41) is 0. The highest BCUT2D eigenvalue weighted by molar-refractivity contribution is 5.74. The monoisotopic (exact) mass is 246 g/mol. The first kappa shape index (κ1) is 16.4. The van der Waals surface area contributed by atoms with Crippen molar-refractivity contribution in [3.8, 4) is 0 Å². The standard InChI is InChI=1S/C13H26O4/c1-10(11(14)17-12(2,3)4)16-9-8-13(5,6)15-7/h10H,8-9H2,1-7H3. The molecule has 4 heteroatoms. The van der Waals surface area contributed by atoms with Crippen LogP contribution in [-0.4, -0.2) is 37.0 Å². The van der Waals surface area contributed by atoms with Gasteiger partial charge in [-0.3, -0.25) is 0 Å². The summed E-state index contributed by atoms with van der Waals surface area (Å²) in [6.07, 6.45) is 0.193. The summed E-state index contributed by atoms with van der Waals surface area (Å²) in [6.45, 7) is 11.7. The highest BCUT2D eigenvalue weighted by Crippen LogP contribution is 2.14. The van der Waals surface area contributed by atoms with Gasteiger partial charge in [0.1, 0.15) is 5.60 Å². The van der Waals surface area contributed by atoms with Crippen LogP contribution in [0.15, 0.2) is 0 Å². The van der Waals surface area contributed by atoms with Gasteiger partial charge < -0.3 is 14.2 Å². The zero-order valence-corrected chi connectivity index (χ0v) is 12.1. The smallest absolute Gasteiger partial charge is 0.335 e. The van der Waals surface area contributed by atoms with Gasteiger partial charge in [0.25, 0.3) is 0 Å². The molecule has 0 saturated heterocycles. The minimum absolute atomic E-state index is 0.229. The molecule has 0 aromatic heterocycles. The third-order valence-corrected chi connectivity index (χ3v) is 2.36. The van der Waals surface area contributed by atoms with Gasteiger partial charge in [-0.05, 0) is 48.0 Å². The zero-order valence-electron chi connectivity index (χ0n) is 12.1. The van der Waals surface area contributed by atoms with E-state index in [1.807, 2.05) is 34.6 Å². The van der Waals surface area contributed by atoms with Gasteiger partial charge in [-0.2, -0.15) is 0 Å². The fourth-order valence-electron chi connectivity index (χ4n) is 1.04. The number of rotatable bonds is 6. The molecule has 4 nitrogen and oxygen atoms in total. The van der Waals surface area contributed by atoms with Crippen molar-refractivity contribution in [2.45, 2.75) is 65.3 Å². The Morgan fingerprint density at radius 3 is 2.12 bits per heavy atom. The van der Waals surface area contributed by atoms with Gasteiger partial charge in [-0.25, -0.2) is 4.79 Å². The average Bonchev–Trinajstić information content (AvgIpc) is 2.14. The Bertz CT molecular complexity index is 240. The SMILES string of the molecule is COC(C)(C)CCOC(C)C(=O)OC(C)(C)C. The van der Waals surface area contributed by atoms with Crippen molar-refractivity contribution in [1.29, 1.82) is 0 Å². The largest absolute Gasteiger partial charge is 0.458 e. The molecule has 1 unspecified atom stereocenters. The van der Waals surface area contributed by atoms with Gasteiger partial charge >= 0.3 is 5.97 Å². The van der Waals surface area contributed by atoms with Crippen LogP contribution in [0.5, 0.6) is 0 Å². The topological polar surface area (TPSA) is 44.8 Å². The van der Waals surface area contributed by atoms with Crippen LogP contribution in [0.1, 0.15) is 48.0 Å². The molecule has 0 aliphatic heterocycles. The van der Waals surface area contributed by atoms with Crippen LogP contribution in [0.3, 0.4) is 0 Å². The molecule has 0 radical (unpaired) electrons. The van der Waals surface area contributed by atoms with E-state index in [0.29, 0.717) is 6.61 Å². The van der Waals surface area contributed by atoms with Crippen molar-refractivity contribution in [2.75, 3.05) is 13.7 Å². The van der Waals surface area contributed by atoms with E-state index in [4.69, 9.17) is 14.2 Å². The molecule has 102 valence electrons. The summed E-state index contributed by atoms with van der Waals surface area (Å²) < 4.78 is 15.9. The molecule has 0 fully saturated rings. The number of carbonyl (C=O) groups excluding carboxylic acids is 1. The van der Waals surface area contributed by atoms with Gasteiger partial charge in [0.2, 0.25) is 0 Å². The number of carbonyl (C=O) groups is 1. The van der Waals surface area contributed by atoms with Crippen molar-refractivity contribution in [3.63, 3.8) is 0 Å². The second-order valence-corrected chi connectivity index (χ2v) is 5.76. The van der Waals surface area contributed by atoms with E-state index in [9.17, 15) is 4.79 Å². The third kappa shape index (κ3) is 8.16. The Balaban J connectivity index is 3.95. The maximum absolute atomic E-state index is 11.6. The van der Waals surface area contributed by atoms with E-state index in [1.54, 1.807) is 14.0 Å². The fraction of sp³-hybridized carbons (Fsp3) is 0.923. The number of esters is 1. The predicted octanol–water partition coefficient (Wildman–Crippen LogP) is 2.55. The Kier molecular flexibility index (Phi) is 6.13. The van der Waals surface area contributed by atoms with Crippen LogP contribution in [0.25, 0.3) is 0 Å². The Labute approximate surface area is 105 Å². The van der Waals surface area contributed by atoms with E-state index < -0.39 is 11.7 Å². The van der Waals surface area contributed by atoms with E-state index in [-0.39, 0.29) is 11.6 Å². The minimum Gasteiger partial charge on any atom is -0.458 e. The fourth-order valence-corrected chi connectivity index (χ4v) is 1.04. The number of ether oxygens (including phenoxy) is 3. The molecular formula is C13H26O4. The molecular weight excluding hydrogens is 220 g/mol. The molecule has 0 rings (SSSR count). The van der Waals surface area contributed by atoms with Crippen LogP contribution < -0.4 is 0 Å². The molecule has 0 heterocycles. The maximum atomic E-state index is 11.6. The minimum atomic E-state index is -0.540. The second kappa shape index (κ2) is 6.36. The summed E-state index contributed by atoms with van der Waals surface area (Å²) in [6, 6.07) is 0. The normalized spacial score (nSPS) is 14.5. The molecule has 0 aromatic carbocycles. The summed E-state index contributed by atoms with van der Waals surface area (Å²) in [7, 11) is 1.66. The predicted molar refractivity (Wildman–Crippen MR) is 67.0 cm³/mol. The molecule has 17 heavy (non-hydrogen) atoms. The van der Waals surface area contributed by atoms with Crippen LogP contribution in [0.4, 0.5) is 0 Å². The first-order chi connectivity index (χ1) is 7.57. The zero-order chi connectivity index (χ0) is 13.7. The van der Waals surface area contributed by atoms with Crippen molar-refractivity contribution in [3.05, 3.63) is 0 Å². The molecule has 0 spiro atoms. The lowest BCUT2D eigenvalue weighted by molar-refractivity contribution is -0.168. The molecule has 0 aliphatic carbocycles. The Morgan fingerprint density at radius 1 is 1.18 bits per heavy atom. The van der Waals surface area contributed by atoms with E-state index >= 15 is 0 Å². The molecule has 0 aliphatic rings. The van der Waals surface area contributed by atoms with E-state index in [1.165, 1.54) is 0 Å². The molecule has 1 atom stereocenters. The Hall–Kier alpha value is -0.610. The summed E-state index contributed by atoms with van der Waals surface area (Å²) in [4.78, 5) is 11.6. The average molecular weight is 246 g/mol. The van der Waals surface area contributed by atoms with Gasteiger partial charge in [0, 0.05) is 7.11 Å². The summed E-state index contributed by atoms with van der Waals surface area (Å²) in [5.41, 5.74) is -0.700. The van der Waals surface area contributed by atoms with Crippen molar-refractivity contribution >= 4 is 5.97 Å². The first-order valence-corrected chi connectivity index (χ1v) is 5.97. The van der Waals surface area contributed by atoms with E-state index in [2.05, 4.69) is 0 Å². The maximum Gasteiger partial charge on any atom is 0.335 e. The molecule has 0 bridgehead atoms. The number of hydrogen-bond acceptors (Lipinski definition) is 4. The number of methoxy groups -OCH3 is 1. The summed E-state index contributed by atoms with van der Waals surface area (Å²) in [5.74, 6) is -0.326. The molecule has 0 aromatic rings. The van der Waals surface area contributed by atoms with Crippen molar-refractivity contribution in [1.82, 2.24) is 0 Å². The van der Waals surface area contributed by atoms with Crippen LogP contribution in [0, 0.1) is 0 Å². The molecule has 0 amide bonds. The van der Waals surface area contributed by atoms with Gasteiger partial charge in [0.15, 0.2) is 6.10 Å². The quantitative estimate of drug-likeness (QED) is 0.676. The summed E-state index contributed by atoms with van der Waals surface area (Å²) >= 11 is 0.